The molecule has 31 heavy (non-hydrogen) atoms. The molecule has 0 aliphatic rings. The van der Waals surface area contributed by atoms with Crippen molar-refractivity contribution in [3.8, 4) is 11.4 Å². The van der Waals surface area contributed by atoms with Crippen LogP contribution < -0.4 is 5.32 Å². The Balaban J connectivity index is 1.64. The van der Waals surface area contributed by atoms with Crippen molar-refractivity contribution >= 4 is 33.2 Å². The van der Waals surface area contributed by atoms with E-state index < -0.39 is 15.9 Å². The number of hydrogen-bond donors (Lipinski definition) is 1. The van der Waals surface area contributed by atoms with Crippen LogP contribution in [0.15, 0.2) is 57.9 Å². The van der Waals surface area contributed by atoms with Crippen molar-refractivity contribution in [1.82, 2.24) is 14.4 Å². The quantitative estimate of drug-likeness (QED) is 0.594. The first-order valence-electron chi connectivity index (χ1n) is 9.43. The Labute approximate surface area is 186 Å². The van der Waals surface area contributed by atoms with Gasteiger partial charge in [-0.3, -0.25) is 4.79 Å². The number of nitrogens with zero attached hydrogens (tertiary/aromatic N) is 3. The maximum Gasteiger partial charge on any atom is 0.243 e. The monoisotopic (exact) mass is 462 g/mol. The lowest BCUT2D eigenvalue weighted by atomic mass is 9.97. The van der Waals surface area contributed by atoms with Crippen molar-refractivity contribution in [2.45, 2.75) is 31.1 Å². The van der Waals surface area contributed by atoms with Crippen LogP contribution in [-0.4, -0.2) is 42.4 Å². The zero-order chi connectivity index (χ0) is 22.8. The Hall–Kier alpha value is -2.75. The van der Waals surface area contributed by atoms with Gasteiger partial charge in [0.2, 0.25) is 27.6 Å². The van der Waals surface area contributed by atoms with Gasteiger partial charge in [-0.1, -0.05) is 37.5 Å². The molecule has 1 aromatic heterocycles. The molecule has 1 amide bonds. The lowest BCUT2D eigenvalue weighted by Crippen LogP contribution is -2.34. The maximum absolute atomic E-state index is 12.6. The van der Waals surface area contributed by atoms with E-state index in [1.807, 2.05) is 20.8 Å². The van der Waals surface area contributed by atoms with Crippen LogP contribution >= 0.6 is 11.6 Å². The highest BCUT2D eigenvalue weighted by Crippen LogP contribution is 2.24. The molecule has 0 radical (unpaired) electrons. The van der Waals surface area contributed by atoms with Crippen LogP contribution in [0, 0.1) is 0 Å². The van der Waals surface area contributed by atoms with Crippen molar-refractivity contribution in [3.63, 3.8) is 0 Å². The Morgan fingerprint density at radius 2 is 1.71 bits per heavy atom. The van der Waals surface area contributed by atoms with Gasteiger partial charge in [-0.15, -0.1) is 0 Å². The summed E-state index contributed by atoms with van der Waals surface area (Å²) in [5.41, 5.74) is 1.00. The molecule has 3 aromatic rings. The Morgan fingerprint density at radius 1 is 1.10 bits per heavy atom. The topological polar surface area (TPSA) is 105 Å². The number of carbonyl (C=O) groups is 1. The van der Waals surface area contributed by atoms with Crippen molar-refractivity contribution in [2.24, 2.45) is 0 Å². The van der Waals surface area contributed by atoms with Crippen LogP contribution in [0.4, 0.5) is 5.69 Å². The number of halogens is 1. The fourth-order valence-electron chi connectivity index (χ4n) is 2.62. The summed E-state index contributed by atoms with van der Waals surface area (Å²) in [6.45, 7) is 5.60. The number of sulfonamides is 1. The van der Waals surface area contributed by atoms with E-state index in [2.05, 4.69) is 15.5 Å². The fourth-order valence-corrected chi connectivity index (χ4v) is 3.88. The van der Waals surface area contributed by atoms with Crippen LogP contribution in [0.3, 0.4) is 0 Å². The Kier molecular flexibility index (Phi) is 6.49. The summed E-state index contributed by atoms with van der Waals surface area (Å²) in [6.07, 6.45) is 0. The molecule has 0 saturated heterocycles. The van der Waals surface area contributed by atoms with Gasteiger partial charge in [0.05, 0.1) is 11.4 Å². The average molecular weight is 463 g/mol. The number of aromatic nitrogens is 2. The number of rotatable bonds is 6. The van der Waals surface area contributed by atoms with Crippen LogP contribution in [0.2, 0.25) is 5.02 Å². The second kappa shape index (κ2) is 8.78. The van der Waals surface area contributed by atoms with Crippen molar-refractivity contribution < 1.29 is 17.7 Å². The third kappa shape index (κ3) is 5.49. The van der Waals surface area contributed by atoms with Gasteiger partial charge in [0.15, 0.2) is 0 Å². The van der Waals surface area contributed by atoms with Crippen molar-refractivity contribution in [3.05, 3.63) is 59.4 Å². The van der Waals surface area contributed by atoms with Crippen molar-refractivity contribution in [2.75, 3.05) is 18.9 Å². The number of benzene rings is 2. The minimum absolute atomic E-state index is 0.0614. The standard InChI is InChI=1S/C21H23ClN4O4S/c1-21(2,3)20-24-19(25-30-20)14-5-9-16(10-6-14)23-18(27)13-26(4)31(28,29)17-11-7-15(22)8-12-17/h5-12H,13H2,1-4H3,(H,23,27). The summed E-state index contributed by atoms with van der Waals surface area (Å²) in [4.78, 5) is 16.8. The van der Waals surface area contributed by atoms with E-state index in [4.69, 9.17) is 16.1 Å². The molecular weight excluding hydrogens is 440 g/mol. The SMILES string of the molecule is CN(CC(=O)Nc1ccc(-c2noc(C(C)(C)C)n2)cc1)S(=O)(=O)c1ccc(Cl)cc1. The first-order chi connectivity index (χ1) is 14.5. The highest BCUT2D eigenvalue weighted by Gasteiger charge is 2.24. The molecule has 0 fully saturated rings. The summed E-state index contributed by atoms with van der Waals surface area (Å²) in [7, 11) is -2.47. The predicted molar refractivity (Wildman–Crippen MR) is 118 cm³/mol. The van der Waals surface area contributed by atoms with E-state index in [9.17, 15) is 13.2 Å². The molecule has 0 unspecified atom stereocenters. The van der Waals surface area contributed by atoms with Gasteiger partial charge in [0.25, 0.3) is 0 Å². The summed E-state index contributed by atoms with van der Waals surface area (Å²) < 4.78 is 31.4. The average Bonchev–Trinajstić information content (AvgIpc) is 3.19. The molecule has 2 aromatic carbocycles. The van der Waals surface area contributed by atoms with E-state index in [1.54, 1.807) is 24.3 Å². The Bertz CT molecular complexity index is 1170. The summed E-state index contributed by atoms with van der Waals surface area (Å²) >= 11 is 5.80. The highest BCUT2D eigenvalue weighted by atomic mass is 35.5. The number of anilines is 1. The lowest BCUT2D eigenvalue weighted by Gasteiger charge is -2.17. The second-order valence-corrected chi connectivity index (χ2v) is 10.5. The molecule has 0 spiro atoms. The maximum atomic E-state index is 12.6. The molecule has 0 aliphatic carbocycles. The fraction of sp³-hybridized carbons (Fsp3) is 0.286. The molecule has 3 rings (SSSR count). The number of amides is 1. The molecule has 1 N–H and O–H groups in total. The van der Waals surface area contributed by atoms with Gasteiger partial charge < -0.3 is 9.84 Å². The van der Waals surface area contributed by atoms with Crippen LogP contribution in [0.25, 0.3) is 11.4 Å². The van der Waals surface area contributed by atoms with Gasteiger partial charge in [-0.25, -0.2) is 8.42 Å². The lowest BCUT2D eigenvalue weighted by molar-refractivity contribution is -0.116. The third-order valence-electron chi connectivity index (χ3n) is 4.38. The van der Waals surface area contributed by atoms with Crippen LogP contribution in [0.1, 0.15) is 26.7 Å². The molecule has 1 heterocycles. The molecule has 0 atom stereocenters. The third-order valence-corrected chi connectivity index (χ3v) is 6.45. The van der Waals surface area contributed by atoms with E-state index in [0.717, 1.165) is 9.87 Å². The number of nitrogens with one attached hydrogen (secondary N) is 1. The highest BCUT2D eigenvalue weighted by molar-refractivity contribution is 7.89. The Morgan fingerprint density at radius 3 is 2.26 bits per heavy atom. The van der Waals surface area contributed by atoms with Gasteiger partial charge in [-0.2, -0.15) is 9.29 Å². The number of hydrogen-bond acceptors (Lipinski definition) is 6. The van der Waals surface area contributed by atoms with E-state index in [0.29, 0.717) is 22.4 Å². The minimum atomic E-state index is -3.81. The molecule has 0 aliphatic heterocycles. The van der Waals surface area contributed by atoms with Gasteiger partial charge in [0, 0.05) is 28.7 Å². The largest absolute Gasteiger partial charge is 0.338 e. The zero-order valence-corrected chi connectivity index (χ0v) is 19.2. The minimum Gasteiger partial charge on any atom is -0.338 e. The molecule has 0 saturated carbocycles. The van der Waals surface area contributed by atoms with Gasteiger partial charge >= 0.3 is 0 Å². The van der Waals surface area contributed by atoms with Crippen LogP contribution in [-0.2, 0) is 20.2 Å². The van der Waals surface area contributed by atoms with E-state index in [-0.39, 0.29) is 16.9 Å². The predicted octanol–water partition coefficient (Wildman–Crippen LogP) is 3.95. The van der Waals surface area contributed by atoms with Crippen molar-refractivity contribution in [1.29, 1.82) is 0 Å². The summed E-state index contributed by atoms with van der Waals surface area (Å²) in [6, 6.07) is 12.6. The molecule has 8 nitrogen and oxygen atoms in total. The normalized spacial score (nSPS) is 12.2. The first-order valence-corrected chi connectivity index (χ1v) is 11.2. The van der Waals surface area contributed by atoms with Gasteiger partial charge in [0.1, 0.15) is 0 Å². The summed E-state index contributed by atoms with van der Waals surface area (Å²) in [5.74, 6) is 0.517. The second-order valence-electron chi connectivity index (χ2n) is 8.01. The van der Waals surface area contributed by atoms with Crippen LogP contribution in [0.5, 0.6) is 0 Å². The molecule has 0 bridgehead atoms. The summed E-state index contributed by atoms with van der Waals surface area (Å²) in [5, 5.41) is 7.10. The van der Waals surface area contributed by atoms with E-state index >= 15 is 0 Å². The van der Waals surface area contributed by atoms with E-state index in [1.165, 1.54) is 31.3 Å². The molecular formula is C21H23ClN4O4S. The smallest absolute Gasteiger partial charge is 0.243 e. The number of carbonyl (C=O) groups excluding carboxylic acids is 1. The first kappa shape index (κ1) is 22.9. The zero-order valence-electron chi connectivity index (χ0n) is 17.6. The molecule has 164 valence electrons. The van der Waals surface area contributed by atoms with Gasteiger partial charge in [-0.05, 0) is 48.5 Å². The molecule has 10 heteroatoms. The number of likely N-dealkylation sites (N-methyl/N-ethyl adjacent to an activating group) is 1.